The average Bonchev–Trinajstić information content (AvgIpc) is 3.14. The number of unbranched alkanes of at least 4 members (excludes halogenated alkanes) is 2. The molecule has 0 heterocycles. The van der Waals surface area contributed by atoms with Gasteiger partial charge >= 0.3 is 6.03 Å². The van der Waals surface area contributed by atoms with E-state index in [-0.39, 0.29) is 107 Å². The van der Waals surface area contributed by atoms with Gasteiger partial charge in [-0.1, -0.05) is 52.8 Å². The Hall–Kier alpha value is -3.94. The molecule has 2 aliphatic rings. The van der Waals surface area contributed by atoms with Gasteiger partial charge in [0, 0.05) is 89.0 Å². The Labute approximate surface area is 501 Å². The van der Waals surface area contributed by atoms with Gasteiger partial charge in [0.2, 0.25) is 10.0 Å². The van der Waals surface area contributed by atoms with Crippen LogP contribution in [0, 0.1) is 25.5 Å². The van der Waals surface area contributed by atoms with Crippen LogP contribution in [0.3, 0.4) is 0 Å². The number of nitrogens with one attached hydrogen (secondary N) is 3. The molecule has 4 aromatic carbocycles. The smallest absolute Gasteiger partial charge is 0.314 e. The van der Waals surface area contributed by atoms with Gasteiger partial charge in [-0.15, -0.1) is 0 Å². The van der Waals surface area contributed by atoms with Crippen LogP contribution in [0.5, 0.6) is 11.5 Å². The zero-order chi connectivity index (χ0) is 59.7. The highest BCUT2D eigenvalue weighted by Crippen LogP contribution is 2.45. The average molecular weight is 1270 g/mol. The van der Waals surface area contributed by atoms with Crippen LogP contribution < -0.4 is 24.8 Å². The zero-order valence-electron chi connectivity index (χ0n) is 47.2. The second-order valence-electron chi connectivity index (χ2n) is 20.7. The fourth-order valence-electron chi connectivity index (χ4n) is 9.72. The lowest BCUT2D eigenvalue weighted by Crippen LogP contribution is -2.37. The second-order valence-corrected chi connectivity index (χ2v) is 26.2. The minimum Gasteiger partial charge on any atom is -0.484 e. The fraction of sp³-hybridized carbons (Fsp3) is 0.544. The summed E-state index contributed by atoms with van der Waals surface area (Å²) in [5.74, 6) is -1.62. The third kappa shape index (κ3) is 19.3. The number of sulfonamides is 1. The van der Waals surface area contributed by atoms with Gasteiger partial charge in [-0.05, 0) is 139 Å². The van der Waals surface area contributed by atoms with E-state index in [1.165, 1.54) is 12.1 Å². The van der Waals surface area contributed by atoms with Gasteiger partial charge in [-0.3, -0.25) is 4.79 Å². The van der Waals surface area contributed by atoms with Crippen molar-refractivity contribution >= 4 is 78.1 Å². The van der Waals surface area contributed by atoms with Crippen molar-refractivity contribution in [3.05, 3.63) is 114 Å². The molecule has 17 nitrogen and oxygen atoms in total. The largest absolute Gasteiger partial charge is 0.484 e. The van der Waals surface area contributed by atoms with E-state index in [4.69, 9.17) is 74.8 Å². The molecule has 82 heavy (non-hydrogen) atoms. The van der Waals surface area contributed by atoms with Crippen molar-refractivity contribution in [3.63, 3.8) is 0 Å². The third-order valence-corrected chi connectivity index (χ3v) is 18.5. The summed E-state index contributed by atoms with van der Waals surface area (Å²) in [5.41, 5.74) is 4.32. The first-order chi connectivity index (χ1) is 39.0. The number of nitrogens with zero attached hydrogens (tertiary/aromatic N) is 2. The van der Waals surface area contributed by atoms with Gasteiger partial charge in [0.15, 0.2) is 9.84 Å². The van der Waals surface area contributed by atoms with E-state index in [0.717, 1.165) is 40.8 Å². The number of benzene rings is 4. The number of fused-ring (bicyclic) bond motifs is 2. The number of ketones is 1. The van der Waals surface area contributed by atoms with Gasteiger partial charge in [-0.2, -0.15) is 0 Å². The summed E-state index contributed by atoms with van der Waals surface area (Å²) in [6.07, 6.45) is 3.87. The van der Waals surface area contributed by atoms with E-state index in [1.807, 2.05) is 38.0 Å². The van der Waals surface area contributed by atoms with Crippen molar-refractivity contribution < 1.29 is 63.6 Å². The Morgan fingerprint density at radius 3 is 1.56 bits per heavy atom. The lowest BCUT2D eigenvalue weighted by Gasteiger charge is -2.28. The molecule has 0 bridgehead atoms. The number of rotatable bonds is 35. The molecule has 0 saturated carbocycles. The first-order valence-corrected chi connectivity index (χ1v) is 31.9. The van der Waals surface area contributed by atoms with Gasteiger partial charge in [0.25, 0.3) is 0 Å². The number of likely N-dealkylation sites (N-methyl/N-ethyl adjacent to an activating group) is 2. The van der Waals surface area contributed by atoms with Crippen LogP contribution in [0.2, 0.25) is 20.1 Å². The number of hydrogen-bond acceptors (Lipinski definition) is 14. The van der Waals surface area contributed by atoms with Gasteiger partial charge in [0.05, 0.1) is 57.5 Å². The highest BCUT2D eigenvalue weighted by Gasteiger charge is 2.40. The highest BCUT2D eigenvalue weighted by atomic mass is 35.5. The maximum atomic E-state index is 15.4. The molecule has 4 atom stereocenters. The van der Waals surface area contributed by atoms with Crippen LogP contribution in [-0.2, 0) is 56.4 Å². The quantitative estimate of drug-likeness (QED) is 0.0368. The van der Waals surface area contributed by atoms with Crippen molar-refractivity contribution in [3.8, 4) is 11.5 Å². The number of urea groups is 1. The molecular weight excluding hydrogens is 1190 g/mol. The van der Waals surface area contributed by atoms with Crippen LogP contribution >= 0.6 is 46.4 Å². The SMILES string of the molecule is Cc1cc(S(=O)(=O)CCCOCCOCCNC(=O)NCCCCCC(=O)CCCOCCOCCNS(=O)(=O)c2cc(C)c(O[C@H]3c4cc(Cl)cc(Cl)c4C[C@@H]3N(C)C)cc2F)c(F)cc1O[C@H]1c2cc(Cl)cc(Cl)c2C[C@@H]1N(C)C. The molecule has 4 aromatic rings. The highest BCUT2D eigenvalue weighted by molar-refractivity contribution is 7.91. The summed E-state index contributed by atoms with van der Waals surface area (Å²) in [7, 11) is -0.523. The second kappa shape index (κ2) is 32.0. The lowest BCUT2D eigenvalue weighted by atomic mass is 10.1. The van der Waals surface area contributed by atoms with E-state index < -0.39 is 53.5 Å². The van der Waals surface area contributed by atoms with Crippen molar-refractivity contribution in [2.75, 3.05) is 106 Å². The van der Waals surface area contributed by atoms with Crippen molar-refractivity contribution in [2.24, 2.45) is 0 Å². The van der Waals surface area contributed by atoms with Gasteiger partial charge < -0.3 is 48.9 Å². The molecule has 0 aliphatic heterocycles. The van der Waals surface area contributed by atoms with Crippen LogP contribution in [0.25, 0.3) is 0 Å². The summed E-state index contributed by atoms with van der Waals surface area (Å²) in [4.78, 5) is 27.6. The Kier molecular flexibility index (Phi) is 26.2. The number of carbonyl (C=O) groups is 2. The monoisotopic (exact) mass is 1260 g/mol. The summed E-state index contributed by atoms with van der Waals surface area (Å²) in [6.45, 7) is 5.59. The molecule has 25 heteroatoms. The molecule has 454 valence electrons. The van der Waals surface area contributed by atoms with E-state index in [0.29, 0.717) is 89.3 Å². The first-order valence-electron chi connectivity index (χ1n) is 27.3. The molecule has 0 fully saturated rings. The summed E-state index contributed by atoms with van der Waals surface area (Å²) in [6, 6.07) is 11.1. The summed E-state index contributed by atoms with van der Waals surface area (Å²) < 4.78 is 120. The Morgan fingerprint density at radius 1 is 0.561 bits per heavy atom. The minimum atomic E-state index is -4.21. The predicted octanol–water partition coefficient (Wildman–Crippen LogP) is 9.83. The van der Waals surface area contributed by atoms with Crippen LogP contribution in [0.1, 0.15) is 90.5 Å². The van der Waals surface area contributed by atoms with E-state index in [2.05, 4.69) is 15.4 Å². The number of amides is 2. The number of hydrogen-bond donors (Lipinski definition) is 3. The zero-order valence-corrected chi connectivity index (χ0v) is 51.8. The number of Topliss-reactive ketones (excluding diaryl/α,β-unsaturated/α-hetero) is 1. The number of ether oxygens (including phenoxy) is 6. The van der Waals surface area contributed by atoms with Gasteiger partial charge in [-0.25, -0.2) is 35.1 Å². The van der Waals surface area contributed by atoms with Crippen LogP contribution in [0.4, 0.5) is 13.6 Å². The standard InChI is InChI=1S/C57H75Cl4F2N5O12S2/c1-36-26-53(47(62)34-51(36)79-55-43-28-38(58)30-45(60)41(43)32-49(55)67(3)4)81(71,72)25-11-18-76-22-23-77-19-15-65-57(70)64-14-9-7-8-12-40(69)13-10-17-75-21-24-78-20-16-66-82(73,74)54-27-37(2)52(35-48(54)63)80-56-44-29-39(59)31-46(61)42(44)33-50(56)68(5)6/h26-31,34-35,49-50,55-56,66H,7-25,32-33H2,1-6H3,(H2,64,65,70)/t49-,50-,55-,56-/m0/s1. The molecule has 0 radical (unpaired) electrons. The Morgan fingerprint density at radius 2 is 1.02 bits per heavy atom. The molecule has 2 aliphatic carbocycles. The molecule has 6 rings (SSSR count). The minimum absolute atomic E-state index is 0.0310. The number of sulfone groups is 1. The third-order valence-electron chi connectivity index (χ3n) is 14.1. The molecular formula is C57H75Cl4F2N5O12S2. The maximum absolute atomic E-state index is 15.4. The maximum Gasteiger partial charge on any atom is 0.314 e. The summed E-state index contributed by atoms with van der Waals surface area (Å²) in [5, 5.41) is 7.45. The number of halogens is 6. The van der Waals surface area contributed by atoms with Gasteiger partial charge in [0.1, 0.15) is 50.9 Å². The molecule has 0 spiro atoms. The van der Waals surface area contributed by atoms with Crippen molar-refractivity contribution in [1.29, 1.82) is 0 Å². The van der Waals surface area contributed by atoms with Crippen molar-refractivity contribution in [1.82, 2.24) is 25.2 Å². The lowest BCUT2D eigenvalue weighted by molar-refractivity contribution is -0.119. The molecule has 0 unspecified atom stereocenters. The number of carbonyl (C=O) groups excluding carboxylic acids is 2. The fourth-order valence-corrected chi connectivity index (χ4v) is 13.5. The van der Waals surface area contributed by atoms with E-state index in [9.17, 15) is 26.4 Å². The van der Waals surface area contributed by atoms with E-state index in [1.54, 1.807) is 38.1 Å². The Bertz CT molecular complexity index is 2850. The first kappa shape index (κ1) is 67.2. The van der Waals surface area contributed by atoms with Crippen LogP contribution in [-0.4, -0.2) is 157 Å². The normalized spacial score (nSPS) is 16.9. The molecule has 0 aromatic heterocycles. The summed E-state index contributed by atoms with van der Waals surface area (Å²) >= 11 is 25.6. The Balaban J connectivity index is 0.722. The molecule has 3 N–H and O–H groups in total. The van der Waals surface area contributed by atoms with E-state index >= 15 is 8.78 Å². The van der Waals surface area contributed by atoms with Crippen LogP contribution in [0.15, 0.2) is 58.3 Å². The number of aryl methyl sites for hydroxylation is 2. The predicted molar refractivity (Wildman–Crippen MR) is 314 cm³/mol. The topological polar surface area (TPSA) is 200 Å². The molecule has 0 saturated heterocycles. The molecule has 2 amide bonds. The van der Waals surface area contributed by atoms with Crippen molar-refractivity contribution in [2.45, 2.75) is 106 Å².